The predicted molar refractivity (Wildman–Crippen MR) is 68.9 cm³/mol. The van der Waals surface area contributed by atoms with Crippen LogP contribution in [0.15, 0.2) is 36.9 Å². The number of anilines is 1. The van der Waals surface area contributed by atoms with E-state index in [2.05, 4.69) is 5.32 Å². The first kappa shape index (κ1) is 15.8. The van der Waals surface area contributed by atoms with Crippen LogP contribution >= 0.6 is 0 Å². The van der Waals surface area contributed by atoms with Gasteiger partial charge in [0.15, 0.2) is 6.54 Å². The van der Waals surface area contributed by atoms with Crippen molar-refractivity contribution in [3.8, 4) is 11.5 Å². The van der Waals surface area contributed by atoms with Crippen molar-refractivity contribution in [3.05, 3.63) is 36.9 Å². The maximum absolute atomic E-state index is 11.8. The van der Waals surface area contributed by atoms with Crippen molar-refractivity contribution in [2.24, 2.45) is 7.05 Å². The molecule has 0 atom stereocenters. The molecule has 0 fully saturated rings. The fraction of sp³-hybridized carbons (Fsp3) is 0.231. The summed E-state index contributed by atoms with van der Waals surface area (Å²) in [7, 11) is 3.40. The molecule has 0 bridgehead atoms. The quantitative estimate of drug-likeness (QED) is 0.491. The van der Waals surface area contributed by atoms with Crippen molar-refractivity contribution in [3.63, 3.8) is 0 Å². The van der Waals surface area contributed by atoms with Crippen LogP contribution in [0.2, 0.25) is 0 Å². The molecule has 1 amide bonds. The smallest absolute Gasteiger partial charge is 0.266 e. The lowest BCUT2D eigenvalue weighted by atomic mass is 10.2. The fourth-order valence-electron chi connectivity index (χ4n) is 1.69. The van der Waals surface area contributed by atoms with Gasteiger partial charge in [-0.2, -0.15) is 0 Å². The first-order valence-electron chi connectivity index (χ1n) is 5.76. The summed E-state index contributed by atoms with van der Waals surface area (Å²) in [5, 5.41) is 12.3. The number of carbonyl (C=O) groups is 1. The average molecular weight is 298 g/mol. The molecule has 1 aromatic carbocycles. The summed E-state index contributed by atoms with van der Waals surface area (Å²) in [6, 6.07) is 4.67. The van der Waals surface area contributed by atoms with E-state index in [1.54, 1.807) is 29.2 Å². The SMILES string of the molecule is COc1ccc(O)c(NC(=O)Cn2cc[n+](C)c2)c1.[Cl-]. The number of phenols is 1. The van der Waals surface area contributed by atoms with Crippen LogP contribution in [0.4, 0.5) is 5.69 Å². The number of halogens is 1. The van der Waals surface area contributed by atoms with Crippen molar-refractivity contribution in [1.82, 2.24) is 4.57 Å². The van der Waals surface area contributed by atoms with E-state index in [4.69, 9.17) is 4.74 Å². The Labute approximate surface area is 123 Å². The average Bonchev–Trinajstić information content (AvgIpc) is 2.77. The Balaban J connectivity index is 0.00000200. The highest BCUT2D eigenvalue weighted by Gasteiger charge is 2.11. The van der Waals surface area contributed by atoms with E-state index in [0.717, 1.165) is 0 Å². The number of nitrogens with zero attached hydrogens (tertiary/aromatic N) is 2. The van der Waals surface area contributed by atoms with E-state index < -0.39 is 0 Å². The van der Waals surface area contributed by atoms with E-state index in [-0.39, 0.29) is 30.6 Å². The Morgan fingerprint density at radius 3 is 2.85 bits per heavy atom. The molecular formula is C13H16ClN3O3. The third-order valence-electron chi connectivity index (χ3n) is 2.63. The summed E-state index contributed by atoms with van der Waals surface area (Å²) in [6.45, 7) is 0.178. The molecule has 7 heteroatoms. The maximum atomic E-state index is 11.8. The zero-order valence-electron chi connectivity index (χ0n) is 11.2. The lowest BCUT2D eigenvalue weighted by molar-refractivity contribution is -0.671. The number of aromatic hydroxyl groups is 1. The molecule has 0 aliphatic rings. The number of carbonyl (C=O) groups excluding carboxylic acids is 1. The highest BCUT2D eigenvalue weighted by Crippen LogP contribution is 2.27. The molecule has 0 aliphatic heterocycles. The molecule has 0 spiro atoms. The summed E-state index contributed by atoms with van der Waals surface area (Å²) in [4.78, 5) is 11.8. The van der Waals surface area contributed by atoms with Gasteiger partial charge in [-0.15, -0.1) is 0 Å². The standard InChI is InChI=1S/C13H15N3O3.ClH/c1-15-5-6-16(9-15)8-13(18)14-11-7-10(19-2)3-4-12(11)17;/h3-7,9H,8H2,1-2H3,(H-,14,17,18);1H. The molecule has 6 nitrogen and oxygen atoms in total. The van der Waals surface area contributed by atoms with E-state index in [0.29, 0.717) is 11.4 Å². The molecule has 0 radical (unpaired) electrons. The van der Waals surface area contributed by atoms with Gasteiger partial charge in [-0.1, -0.05) is 0 Å². The van der Waals surface area contributed by atoms with Crippen molar-refractivity contribution < 1.29 is 31.6 Å². The minimum Gasteiger partial charge on any atom is -1.00 e. The lowest BCUT2D eigenvalue weighted by Crippen LogP contribution is -3.00. The van der Waals surface area contributed by atoms with Crippen LogP contribution in [0.3, 0.4) is 0 Å². The second kappa shape index (κ2) is 6.81. The number of nitrogens with one attached hydrogen (secondary N) is 1. The first-order chi connectivity index (χ1) is 9.08. The van der Waals surface area contributed by atoms with Gasteiger partial charge in [0.25, 0.3) is 5.91 Å². The highest BCUT2D eigenvalue weighted by molar-refractivity contribution is 5.92. The predicted octanol–water partition coefficient (Wildman–Crippen LogP) is -2.33. The lowest BCUT2D eigenvalue weighted by Gasteiger charge is -2.08. The van der Waals surface area contributed by atoms with Crippen LogP contribution in [-0.2, 0) is 18.4 Å². The largest absolute Gasteiger partial charge is 1.00 e. The van der Waals surface area contributed by atoms with Crippen molar-refractivity contribution >= 4 is 11.6 Å². The second-order valence-corrected chi connectivity index (χ2v) is 4.18. The Bertz CT molecular complexity index is 598. The van der Waals surface area contributed by atoms with Crippen molar-refractivity contribution in [2.45, 2.75) is 6.54 Å². The fourth-order valence-corrected chi connectivity index (χ4v) is 1.69. The number of imidazole rings is 1. The molecule has 0 aliphatic carbocycles. The molecule has 108 valence electrons. The maximum Gasteiger partial charge on any atom is 0.266 e. The number of rotatable bonds is 4. The van der Waals surface area contributed by atoms with Crippen LogP contribution in [-0.4, -0.2) is 22.7 Å². The zero-order chi connectivity index (χ0) is 13.8. The van der Waals surface area contributed by atoms with Crippen molar-refractivity contribution in [2.75, 3.05) is 12.4 Å². The van der Waals surface area contributed by atoms with Gasteiger partial charge >= 0.3 is 0 Å². The summed E-state index contributed by atoms with van der Waals surface area (Å²) < 4.78 is 8.63. The first-order valence-corrected chi connectivity index (χ1v) is 5.76. The van der Waals surface area contributed by atoms with Gasteiger partial charge < -0.3 is 27.6 Å². The minimum atomic E-state index is -0.222. The molecule has 20 heavy (non-hydrogen) atoms. The Morgan fingerprint density at radius 1 is 1.50 bits per heavy atom. The minimum absolute atomic E-state index is 0. The van der Waals surface area contributed by atoms with Crippen LogP contribution in [0.1, 0.15) is 0 Å². The normalized spacial score (nSPS) is 9.70. The number of amides is 1. The molecule has 2 aromatic rings. The topological polar surface area (TPSA) is 67.4 Å². The summed E-state index contributed by atoms with van der Waals surface area (Å²) in [5.41, 5.74) is 0.334. The summed E-state index contributed by atoms with van der Waals surface area (Å²) in [5.74, 6) is 0.354. The Morgan fingerprint density at radius 2 is 2.25 bits per heavy atom. The Hall–Kier alpha value is -2.21. The van der Waals surface area contributed by atoms with Crippen LogP contribution in [0.25, 0.3) is 0 Å². The molecule has 1 heterocycles. The molecule has 1 aromatic heterocycles. The van der Waals surface area contributed by atoms with Crippen LogP contribution < -0.4 is 27.0 Å². The van der Waals surface area contributed by atoms with Gasteiger partial charge in [0.05, 0.1) is 19.8 Å². The number of benzene rings is 1. The van der Waals surface area contributed by atoms with Crippen LogP contribution in [0.5, 0.6) is 11.5 Å². The van der Waals surface area contributed by atoms with Crippen LogP contribution in [0, 0.1) is 0 Å². The van der Waals surface area contributed by atoms with Crippen molar-refractivity contribution in [1.29, 1.82) is 0 Å². The van der Waals surface area contributed by atoms with E-state index in [9.17, 15) is 9.90 Å². The van der Waals surface area contributed by atoms with Gasteiger partial charge in [-0.05, 0) is 12.1 Å². The molecule has 2 N–H and O–H groups in total. The Kier molecular flexibility index (Phi) is 5.40. The third-order valence-corrected chi connectivity index (χ3v) is 2.63. The van der Waals surface area contributed by atoms with E-state index >= 15 is 0 Å². The summed E-state index contributed by atoms with van der Waals surface area (Å²) in [6.07, 6.45) is 5.44. The number of hydrogen-bond acceptors (Lipinski definition) is 3. The molecule has 0 unspecified atom stereocenters. The number of hydrogen-bond donors (Lipinski definition) is 2. The number of phenolic OH excluding ortho intramolecular Hbond substituents is 1. The number of methoxy groups -OCH3 is 1. The molecule has 0 saturated heterocycles. The van der Waals surface area contributed by atoms with Gasteiger partial charge in [-0.25, -0.2) is 9.13 Å². The van der Waals surface area contributed by atoms with Gasteiger partial charge in [0, 0.05) is 6.07 Å². The number of ether oxygens (including phenoxy) is 1. The highest BCUT2D eigenvalue weighted by atomic mass is 35.5. The third kappa shape index (κ3) is 3.89. The van der Waals surface area contributed by atoms with E-state index in [1.165, 1.54) is 13.2 Å². The van der Waals surface area contributed by atoms with Gasteiger partial charge in [0.1, 0.15) is 23.9 Å². The molecule has 0 saturated carbocycles. The van der Waals surface area contributed by atoms with Gasteiger partial charge in [-0.3, -0.25) is 4.79 Å². The van der Waals surface area contributed by atoms with Gasteiger partial charge in [0.2, 0.25) is 6.33 Å². The zero-order valence-corrected chi connectivity index (χ0v) is 12.0. The number of aromatic nitrogens is 2. The molecular weight excluding hydrogens is 282 g/mol. The molecule has 2 rings (SSSR count). The second-order valence-electron chi connectivity index (χ2n) is 4.18. The van der Waals surface area contributed by atoms with E-state index in [1.807, 2.05) is 17.8 Å². The number of aryl methyl sites for hydroxylation is 1. The monoisotopic (exact) mass is 297 g/mol. The summed E-state index contributed by atoms with van der Waals surface area (Å²) >= 11 is 0.